The normalized spacial score (nSPS) is 15.7. The highest BCUT2D eigenvalue weighted by Crippen LogP contribution is 2.30. The van der Waals surface area contributed by atoms with Crippen LogP contribution in [0.15, 0.2) is 40.2 Å². The number of carbonyl (C=O) groups excluding carboxylic acids is 1. The second-order valence-electron chi connectivity index (χ2n) is 6.46. The van der Waals surface area contributed by atoms with Crippen LogP contribution in [0.2, 0.25) is 0 Å². The van der Waals surface area contributed by atoms with E-state index < -0.39 is 0 Å². The second kappa shape index (κ2) is 8.17. The summed E-state index contributed by atoms with van der Waals surface area (Å²) < 4.78 is 6.94. The van der Waals surface area contributed by atoms with E-state index in [-0.39, 0.29) is 5.78 Å². The molecular weight excluding hydrogens is 430 g/mol. The number of benzene rings is 1. The van der Waals surface area contributed by atoms with Crippen molar-refractivity contribution in [2.45, 2.75) is 12.8 Å². The van der Waals surface area contributed by atoms with Gasteiger partial charge in [-0.15, -0.1) is 11.3 Å². The van der Waals surface area contributed by atoms with Crippen molar-refractivity contribution < 1.29 is 4.79 Å². The Morgan fingerprint density at radius 3 is 2.69 bits per heavy atom. The van der Waals surface area contributed by atoms with E-state index >= 15 is 0 Å². The van der Waals surface area contributed by atoms with Crippen molar-refractivity contribution >= 4 is 60.5 Å². The summed E-state index contributed by atoms with van der Waals surface area (Å²) in [5.41, 5.74) is 0. The Balaban J connectivity index is 1.25. The number of thiophene rings is 1. The first kappa shape index (κ1) is 18.1. The zero-order valence-corrected chi connectivity index (χ0v) is 17.6. The number of aromatic nitrogens is 1. The summed E-state index contributed by atoms with van der Waals surface area (Å²) in [6.45, 7) is 5.05. The van der Waals surface area contributed by atoms with E-state index in [2.05, 4.69) is 54.4 Å². The molecule has 0 bridgehead atoms. The van der Waals surface area contributed by atoms with Gasteiger partial charge in [0.15, 0.2) is 5.78 Å². The van der Waals surface area contributed by atoms with Crippen LogP contribution in [-0.4, -0.2) is 47.8 Å². The average Bonchev–Trinajstić information content (AvgIpc) is 3.29. The molecule has 0 saturated carbocycles. The van der Waals surface area contributed by atoms with Gasteiger partial charge in [0.05, 0.1) is 13.4 Å². The minimum absolute atomic E-state index is 0.258. The van der Waals surface area contributed by atoms with Gasteiger partial charge >= 0.3 is 0 Å². The Bertz CT molecular complexity index is 899. The van der Waals surface area contributed by atoms with Crippen molar-refractivity contribution in [2.24, 2.45) is 0 Å². The quantitative estimate of drug-likeness (QED) is 0.501. The summed E-state index contributed by atoms with van der Waals surface area (Å²) in [5.74, 6) is 1.39. The maximum absolute atomic E-state index is 12.2. The molecule has 0 spiro atoms. The molecule has 136 valence electrons. The fourth-order valence-corrected chi connectivity index (χ4v) is 5.48. The van der Waals surface area contributed by atoms with Gasteiger partial charge in [0, 0.05) is 38.0 Å². The smallest absolute Gasteiger partial charge is 0.172 e. The molecule has 0 N–H and O–H groups in total. The van der Waals surface area contributed by atoms with Crippen LogP contribution in [0.3, 0.4) is 0 Å². The van der Waals surface area contributed by atoms with E-state index in [1.54, 1.807) is 11.5 Å². The van der Waals surface area contributed by atoms with Crippen LogP contribution in [0.4, 0.5) is 5.82 Å². The molecule has 0 amide bonds. The van der Waals surface area contributed by atoms with Gasteiger partial charge in [-0.1, -0.05) is 12.1 Å². The summed E-state index contributed by atoms with van der Waals surface area (Å²) in [6.07, 6.45) is 1.55. The van der Waals surface area contributed by atoms with Crippen LogP contribution in [0, 0.1) is 0 Å². The number of halogens is 1. The number of ketones is 1. The Morgan fingerprint density at radius 2 is 1.92 bits per heavy atom. The highest BCUT2D eigenvalue weighted by Gasteiger charge is 2.20. The summed E-state index contributed by atoms with van der Waals surface area (Å²) in [4.78, 5) is 17.9. The van der Waals surface area contributed by atoms with E-state index in [0.29, 0.717) is 6.42 Å². The van der Waals surface area contributed by atoms with Gasteiger partial charge in [-0.2, -0.15) is 4.37 Å². The van der Waals surface area contributed by atoms with E-state index in [0.717, 1.165) is 53.6 Å². The molecule has 7 heteroatoms. The Labute approximate surface area is 169 Å². The first-order valence-corrected chi connectivity index (χ1v) is 11.2. The minimum Gasteiger partial charge on any atom is -0.353 e. The largest absolute Gasteiger partial charge is 0.353 e. The number of piperazine rings is 1. The third kappa shape index (κ3) is 4.01. The van der Waals surface area contributed by atoms with Crippen LogP contribution >= 0.6 is 38.8 Å². The number of nitrogens with zero attached hydrogens (tertiary/aromatic N) is 3. The summed E-state index contributed by atoms with van der Waals surface area (Å²) in [5, 5.41) is 1.26. The molecule has 1 aliphatic heterocycles. The first-order chi connectivity index (χ1) is 12.7. The number of hydrogen-bond acceptors (Lipinski definition) is 6. The predicted molar refractivity (Wildman–Crippen MR) is 114 cm³/mol. The van der Waals surface area contributed by atoms with Crippen LogP contribution < -0.4 is 4.90 Å². The molecule has 1 saturated heterocycles. The molecule has 0 unspecified atom stereocenters. The lowest BCUT2D eigenvalue weighted by atomic mass is 10.1. The number of anilines is 1. The summed E-state index contributed by atoms with van der Waals surface area (Å²) >= 11 is 6.52. The lowest BCUT2D eigenvalue weighted by Crippen LogP contribution is -2.46. The van der Waals surface area contributed by atoms with Gasteiger partial charge in [0.2, 0.25) is 0 Å². The van der Waals surface area contributed by atoms with Gasteiger partial charge in [0.1, 0.15) is 5.82 Å². The van der Waals surface area contributed by atoms with E-state index in [1.165, 1.54) is 21.4 Å². The molecular formula is C19H20BrN3OS2. The maximum Gasteiger partial charge on any atom is 0.172 e. The van der Waals surface area contributed by atoms with Crippen molar-refractivity contribution in [2.75, 3.05) is 37.6 Å². The molecule has 0 atom stereocenters. The van der Waals surface area contributed by atoms with Crippen molar-refractivity contribution in [3.8, 4) is 0 Å². The van der Waals surface area contributed by atoms with E-state index in [4.69, 9.17) is 0 Å². The van der Waals surface area contributed by atoms with Gasteiger partial charge in [-0.25, -0.2) is 0 Å². The Hall–Kier alpha value is -1.28. The van der Waals surface area contributed by atoms with Crippen molar-refractivity contribution in [3.05, 3.63) is 45.1 Å². The highest BCUT2D eigenvalue weighted by molar-refractivity contribution is 9.11. The lowest BCUT2D eigenvalue weighted by Gasteiger charge is -2.35. The topological polar surface area (TPSA) is 36.4 Å². The molecule has 0 aliphatic carbocycles. The zero-order valence-electron chi connectivity index (χ0n) is 14.4. The monoisotopic (exact) mass is 449 g/mol. The fourth-order valence-electron chi connectivity index (χ4n) is 3.33. The van der Waals surface area contributed by atoms with Gasteiger partial charge in [-0.3, -0.25) is 9.69 Å². The van der Waals surface area contributed by atoms with Crippen LogP contribution in [0.5, 0.6) is 0 Å². The molecule has 26 heavy (non-hydrogen) atoms. The minimum atomic E-state index is 0.258. The molecule has 4 rings (SSSR count). The van der Waals surface area contributed by atoms with E-state index in [9.17, 15) is 4.79 Å². The van der Waals surface area contributed by atoms with E-state index in [1.807, 2.05) is 12.1 Å². The maximum atomic E-state index is 12.2. The first-order valence-electron chi connectivity index (χ1n) is 8.81. The molecule has 1 aromatic carbocycles. The highest BCUT2D eigenvalue weighted by atomic mass is 79.9. The summed E-state index contributed by atoms with van der Waals surface area (Å²) in [7, 11) is 0. The fraction of sp³-hybridized carbons (Fsp3) is 0.368. The van der Waals surface area contributed by atoms with Crippen LogP contribution in [0.25, 0.3) is 10.1 Å². The van der Waals surface area contributed by atoms with Crippen molar-refractivity contribution in [1.29, 1.82) is 0 Å². The molecule has 2 aromatic heterocycles. The number of fused-ring (bicyclic) bond motifs is 1. The molecule has 0 radical (unpaired) electrons. The van der Waals surface area contributed by atoms with Gasteiger partial charge in [-0.05, 0) is 64.7 Å². The van der Waals surface area contributed by atoms with Gasteiger partial charge in [0.25, 0.3) is 0 Å². The van der Waals surface area contributed by atoms with Gasteiger partial charge < -0.3 is 4.90 Å². The lowest BCUT2D eigenvalue weighted by molar-refractivity contribution is 0.0978. The number of Topliss-reactive ketones (excluding diaryl/α,β-unsaturated/α-hetero) is 1. The summed E-state index contributed by atoms with van der Waals surface area (Å²) in [6, 6.07) is 12.3. The zero-order chi connectivity index (χ0) is 17.9. The Kier molecular flexibility index (Phi) is 5.69. The average molecular weight is 450 g/mol. The molecule has 1 fully saturated rings. The van der Waals surface area contributed by atoms with Crippen LogP contribution in [0.1, 0.15) is 22.5 Å². The number of rotatable bonds is 6. The molecule has 4 nitrogen and oxygen atoms in total. The Morgan fingerprint density at radius 1 is 1.12 bits per heavy atom. The molecule has 3 aromatic rings. The number of hydrogen-bond donors (Lipinski definition) is 0. The van der Waals surface area contributed by atoms with Crippen molar-refractivity contribution in [1.82, 2.24) is 9.27 Å². The second-order valence-corrected chi connectivity index (χ2v) is 9.73. The standard InChI is InChI=1S/C19H20BrN3OS2/c20-18-8-7-17(25-18)15(24)5-3-9-22-10-12-23(13-11-22)19-14-4-1-2-6-16(14)26-21-19/h1-2,4,6-8H,3,5,9-13H2. The third-order valence-electron chi connectivity index (χ3n) is 4.76. The SMILES string of the molecule is O=C(CCCN1CCN(c2nsc3ccccc23)CC1)c1ccc(Br)s1. The molecule has 1 aliphatic rings. The third-order valence-corrected chi connectivity index (χ3v) is 7.24. The van der Waals surface area contributed by atoms with Crippen LogP contribution in [-0.2, 0) is 0 Å². The predicted octanol–water partition coefficient (Wildman–Crippen LogP) is 4.91. The molecule has 3 heterocycles. The number of carbonyl (C=O) groups is 1. The van der Waals surface area contributed by atoms with Crippen molar-refractivity contribution in [3.63, 3.8) is 0 Å².